The minimum absolute atomic E-state index is 0.112. The van der Waals surface area contributed by atoms with E-state index in [4.69, 9.17) is 4.74 Å². The Balaban J connectivity index is 3.68. The van der Waals surface area contributed by atoms with E-state index in [-0.39, 0.29) is 12.0 Å². The number of hydrogen-bond acceptors (Lipinski definition) is 2. The summed E-state index contributed by atoms with van der Waals surface area (Å²) in [5.41, 5.74) is 0. The van der Waals surface area contributed by atoms with E-state index in [1.54, 1.807) is 0 Å². The standard InChI is InChI=1S/C11H21NO2/c1-5-10(14-8-9(3)4)7-12-11(13)6-2/h6,9-10H,2,5,7-8H2,1,3-4H3,(H,12,13). The lowest BCUT2D eigenvalue weighted by molar-refractivity contribution is -0.117. The predicted molar refractivity (Wildman–Crippen MR) is 58.1 cm³/mol. The van der Waals surface area contributed by atoms with Crippen molar-refractivity contribution in [2.45, 2.75) is 33.3 Å². The van der Waals surface area contributed by atoms with E-state index < -0.39 is 0 Å². The van der Waals surface area contributed by atoms with Gasteiger partial charge >= 0.3 is 0 Å². The van der Waals surface area contributed by atoms with Crippen molar-refractivity contribution in [2.75, 3.05) is 13.2 Å². The molecule has 0 aliphatic heterocycles. The van der Waals surface area contributed by atoms with Crippen molar-refractivity contribution in [3.63, 3.8) is 0 Å². The van der Waals surface area contributed by atoms with Crippen LogP contribution in [0.25, 0.3) is 0 Å². The molecule has 0 aliphatic carbocycles. The van der Waals surface area contributed by atoms with Gasteiger partial charge in [-0.15, -0.1) is 0 Å². The minimum atomic E-state index is -0.142. The second-order valence-electron chi connectivity index (χ2n) is 3.71. The lowest BCUT2D eigenvalue weighted by Gasteiger charge is -2.17. The monoisotopic (exact) mass is 199 g/mol. The number of amides is 1. The lowest BCUT2D eigenvalue weighted by atomic mass is 10.2. The van der Waals surface area contributed by atoms with Crippen molar-refractivity contribution in [3.05, 3.63) is 12.7 Å². The van der Waals surface area contributed by atoms with Gasteiger partial charge in [-0.3, -0.25) is 4.79 Å². The zero-order valence-electron chi connectivity index (χ0n) is 9.38. The maximum absolute atomic E-state index is 10.9. The van der Waals surface area contributed by atoms with Crippen molar-refractivity contribution < 1.29 is 9.53 Å². The second kappa shape index (κ2) is 7.56. The minimum Gasteiger partial charge on any atom is -0.376 e. The third-order valence-electron chi connectivity index (χ3n) is 1.81. The molecule has 0 rings (SSSR count). The molecule has 3 nitrogen and oxygen atoms in total. The molecule has 0 aromatic rings. The number of rotatable bonds is 7. The first kappa shape index (κ1) is 13.2. The van der Waals surface area contributed by atoms with Crippen LogP contribution in [0.2, 0.25) is 0 Å². The summed E-state index contributed by atoms with van der Waals surface area (Å²) in [7, 11) is 0. The molecular formula is C11H21NO2. The Morgan fingerprint density at radius 1 is 1.57 bits per heavy atom. The van der Waals surface area contributed by atoms with Crippen molar-refractivity contribution in [1.82, 2.24) is 5.32 Å². The van der Waals surface area contributed by atoms with Gasteiger partial charge in [-0.05, 0) is 18.4 Å². The summed E-state index contributed by atoms with van der Waals surface area (Å²) in [4.78, 5) is 10.9. The Morgan fingerprint density at radius 3 is 2.64 bits per heavy atom. The molecule has 82 valence electrons. The van der Waals surface area contributed by atoms with Gasteiger partial charge in [0, 0.05) is 13.2 Å². The van der Waals surface area contributed by atoms with Gasteiger partial charge in [-0.2, -0.15) is 0 Å². The van der Waals surface area contributed by atoms with Gasteiger partial charge in [0.2, 0.25) is 5.91 Å². The normalized spacial score (nSPS) is 12.6. The molecule has 0 fully saturated rings. The largest absolute Gasteiger partial charge is 0.376 e. The van der Waals surface area contributed by atoms with Gasteiger partial charge in [0.15, 0.2) is 0 Å². The average Bonchev–Trinajstić information content (AvgIpc) is 2.17. The summed E-state index contributed by atoms with van der Waals surface area (Å²) in [6.07, 6.45) is 2.29. The van der Waals surface area contributed by atoms with Crippen LogP contribution in [-0.4, -0.2) is 25.2 Å². The summed E-state index contributed by atoms with van der Waals surface area (Å²) >= 11 is 0. The maximum Gasteiger partial charge on any atom is 0.243 e. The molecule has 0 heterocycles. The quantitative estimate of drug-likeness (QED) is 0.634. The molecule has 0 saturated heterocycles. The highest BCUT2D eigenvalue weighted by Crippen LogP contribution is 2.01. The van der Waals surface area contributed by atoms with E-state index in [0.717, 1.165) is 13.0 Å². The fourth-order valence-electron chi connectivity index (χ4n) is 0.936. The van der Waals surface area contributed by atoms with Crippen LogP contribution >= 0.6 is 0 Å². The molecule has 0 saturated carbocycles. The molecule has 14 heavy (non-hydrogen) atoms. The molecule has 1 unspecified atom stereocenters. The van der Waals surface area contributed by atoms with Crippen LogP contribution < -0.4 is 5.32 Å². The van der Waals surface area contributed by atoms with Crippen molar-refractivity contribution in [1.29, 1.82) is 0 Å². The molecule has 0 bridgehead atoms. The molecule has 1 amide bonds. The van der Waals surface area contributed by atoms with E-state index >= 15 is 0 Å². The Hall–Kier alpha value is -0.830. The predicted octanol–water partition coefficient (Wildman–Crippen LogP) is 1.74. The average molecular weight is 199 g/mol. The first-order valence-corrected chi connectivity index (χ1v) is 5.12. The topological polar surface area (TPSA) is 38.3 Å². The molecule has 0 radical (unpaired) electrons. The zero-order valence-corrected chi connectivity index (χ0v) is 9.38. The highest BCUT2D eigenvalue weighted by atomic mass is 16.5. The smallest absolute Gasteiger partial charge is 0.243 e. The van der Waals surface area contributed by atoms with Gasteiger partial charge < -0.3 is 10.1 Å². The summed E-state index contributed by atoms with van der Waals surface area (Å²) < 4.78 is 5.60. The van der Waals surface area contributed by atoms with E-state index in [9.17, 15) is 4.79 Å². The van der Waals surface area contributed by atoms with E-state index in [1.807, 2.05) is 6.92 Å². The van der Waals surface area contributed by atoms with Gasteiger partial charge in [-0.1, -0.05) is 27.4 Å². The van der Waals surface area contributed by atoms with Gasteiger partial charge in [0.05, 0.1) is 6.10 Å². The lowest BCUT2D eigenvalue weighted by Crippen LogP contribution is -2.32. The van der Waals surface area contributed by atoms with Gasteiger partial charge in [-0.25, -0.2) is 0 Å². The van der Waals surface area contributed by atoms with Gasteiger partial charge in [0.25, 0.3) is 0 Å². The van der Waals surface area contributed by atoms with Crippen LogP contribution in [0.5, 0.6) is 0 Å². The molecule has 0 aliphatic rings. The van der Waals surface area contributed by atoms with Crippen LogP contribution in [0.15, 0.2) is 12.7 Å². The number of nitrogens with one attached hydrogen (secondary N) is 1. The third-order valence-corrected chi connectivity index (χ3v) is 1.81. The molecular weight excluding hydrogens is 178 g/mol. The van der Waals surface area contributed by atoms with Crippen molar-refractivity contribution >= 4 is 5.91 Å². The molecule has 0 aromatic carbocycles. The van der Waals surface area contributed by atoms with E-state index in [2.05, 4.69) is 25.7 Å². The van der Waals surface area contributed by atoms with Crippen molar-refractivity contribution in [2.24, 2.45) is 5.92 Å². The SMILES string of the molecule is C=CC(=O)NCC(CC)OCC(C)C. The van der Waals surface area contributed by atoms with Crippen LogP contribution in [-0.2, 0) is 9.53 Å². The highest BCUT2D eigenvalue weighted by Gasteiger charge is 2.07. The summed E-state index contributed by atoms with van der Waals surface area (Å²) in [5, 5.41) is 2.73. The Kier molecular flexibility index (Phi) is 7.11. The molecule has 0 aromatic heterocycles. The zero-order chi connectivity index (χ0) is 11.0. The van der Waals surface area contributed by atoms with Crippen LogP contribution in [0, 0.1) is 5.92 Å². The number of carbonyl (C=O) groups excluding carboxylic acids is 1. The molecule has 1 N–H and O–H groups in total. The fourth-order valence-corrected chi connectivity index (χ4v) is 0.936. The summed E-state index contributed by atoms with van der Waals surface area (Å²) in [6, 6.07) is 0. The van der Waals surface area contributed by atoms with Crippen LogP contribution in [0.4, 0.5) is 0 Å². The Bertz CT molecular complexity index is 178. The first-order valence-electron chi connectivity index (χ1n) is 5.12. The number of hydrogen-bond donors (Lipinski definition) is 1. The number of carbonyl (C=O) groups is 1. The Labute approximate surface area is 86.5 Å². The van der Waals surface area contributed by atoms with Crippen LogP contribution in [0.1, 0.15) is 27.2 Å². The van der Waals surface area contributed by atoms with Crippen molar-refractivity contribution in [3.8, 4) is 0 Å². The molecule has 3 heteroatoms. The maximum atomic E-state index is 10.9. The molecule has 1 atom stereocenters. The summed E-state index contributed by atoms with van der Waals surface area (Å²) in [6.45, 7) is 10.9. The fraction of sp³-hybridized carbons (Fsp3) is 0.727. The second-order valence-corrected chi connectivity index (χ2v) is 3.71. The highest BCUT2D eigenvalue weighted by molar-refractivity contribution is 5.86. The van der Waals surface area contributed by atoms with E-state index in [1.165, 1.54) is 6.08 Å². The molecule has 0 spiro atoms. The number of ether oxygens (including phenoxy) is 1. The van der Waals surface area contributed by atoms with Crippen LogP contribution in [0.3, 0.4) is 0 Å². The third kappa shape index (κ3) is 6.66. The summed E-state index contributed by atoms with van der Waals surface area (Å²) in [5.74, 6) is 0.385. The first-order chi connectivity index (χ1) is 6.60. The van der Waals surface area contributed by atoms with E-state index in [0.29, 0.717) is 12.5 Å². The Morgan fingerprint density at radius 2 is 2.21 bits per heavy atom. The van der Waals surface area contributed by atoms with Gasteiger partial charge in [0.1, 0.15) is 0 Å².